The quantitative estimate of drug-likeness (QED) is 0.686. The SMILES string of the molecule is O=C(NCc1ccccn1)C(C1CCCC1)N1CCN(C(=O)c2ccc(Cl)cc2Cl)CC1. The summed E-state index contributed by atoms with van der Waals surface area (Å²) in [6, 6.07) is 10.5. The van der Waals surface area contributed by atoms with E-state index in [1.54, 1.807) is 24.4 Å². The van der Waals surface area contributed by atoms with Crippen LogP contribution in [0.2, 0.25) is 10.0 Å². The summed E-state index contributed by atoms with van der Waals surface area (Å²) in [5.41, 5.74) is 1.31. The Kier molecular flexibility index (Phi) is 7.66. The number of carbonyl (C=O) groups is 2. The first kappa shape index (κ1) is 23.0. The molecule has 2 amide bonds. The standard InChI is InChI=1S/C24H28Cl2N4O2/c25-18-8-9-20(21(26)15-18)24(32)30-13-11-29(12-14-30)22(17-5-1-2-6-17)23(31)28-16-19-7-3-4-10-27-19/h3-4,7-10,15,17,22H,1-2,5-6,11-14,16H2,(H,28,31). The van der Waals surface area contributed by atoms with Gasteiger partial charge in [-0.1, -0.05) is 42.1 Å². The first-order chi connectivity index (χ1) is 15.5. The molecular weight excluding hydrogens is 447 g/mol. The molecule has 1 aliphatic heterocycles. The third-order valence-electron chi connectivity index (χ3n) is 6.44. The van der Waals surface area contributed by atoms with Crippen molar-refractivity contribution in [1.82, 2.24) is 20.1 Å². The Labute approximate surface area is 198 Å². The lowest BCUT2D eigenvalue weighted by atomic mass is 9.95. The third kappa shape index (κ3) is 5.42. The number of pyridine rings is 1. The van der Waals surface area contributed by atoms with Crippen molar-refractivity contribution in [1.29, 1.82) is 0 Å². The fourth-order valence-electron chi connectivity index (χ4n) is 4.77. The molecule has 2 heterocycles. The van der Waals surface area contributed by atoms with Gasteiger partial charge in [0.15, 0.2) is 0 Å². The summed E-state index contributed by atoms with van der Waals surface area (Å²) in [5, 5.41) is 3.96. The fourth-order valence-corrected chi connectivity index (χ4v) is 5.26. The molecule has 0 bridgehead atoms. The maximum Gasteiger partial charge on any atom is 0.255 e. The second kappa shape index (κ2) is 10.6. The predicted molar refractivity (Wildman–Crippen MR) is 126 cm³/mol. The number of rotatable bonds is 6. The molecular formula is C24H28Cl2N4O2. The molecule has 4 rings (SSSR count). The van der Waals surface area contributed by atoms with E-state index < -0.39 is 0 Å². The summed E-state index contributed by atoms with van der Waals surface area (Å²) < 4.78 is 0. The van der Waals surface area contributed by atoms with E-state index in [-0.39, 0.29) is 17.9 Å². The highest BCUT2D eigenvalue weighted by molar-refractivity contribution is 6.36. The second-order valence-corrected chi connectivity index (χ2v) is 9.32. The molecule has 2 aromatic rings. The molecule has 0 spiro atoms. The Hall–Kier alpha value is -2.15. The molecule has 1 atom stereocenters. The van der Waals surface area contributed by atoms with Gasteiger partial charge in [-0.15, -0.1) is 0 Å². The number of amides is 2. The summed E-state index contributed by atoms with van der Waals surface area (Å²) >= 11 is 12.2. The van der Waals surface area contributed by atoms with E-state index >= 15 is 0 Å². The van der Waals surface area contributed by atoms with Gasteiger partial charge in [0.25, 0.3) is 5.91 Å². The lowest BCUT2D eigenvalue weighted by Crippen LogP contribution is -2.57. The van der Waals surface area contributed by atoms with Gasteiger partial charge in [-0.25, -0.2) is 0 Å². The number of hydrogen-bond donors (Lipinski definition) is 1. The van der Waals surface area contributed by atoms with Crippen molar-refractivity contribution in [2.75, 3.05) is 26.2 Å². The monoisotopic (exact) mass is 474 g/mol. The van der Waals surface area contributed by atoms with E-state index in [9.17, 15) is 9.59 Å². The third-order valence-corrected chi connectivity index (χ3v) is 6.99. The van der Waals surface area contributed by atoms with Crippen molar-refractivity contribution < 1.29 is 9.59 Å². The summed E-state index contributed by atoms with van der Waals surface area (Å²) in [7, 11) is 0. The molecule has 32 heavy (non-hydrogen) atoms. The molecule has 1 aliphatic carbocycles. The van der Waals surface area contributed by atoms with Crippen LogP contribution in [0.3, 0.4) is 0 Å². The average Bonchev–Trinajstić information content (AvgIpc) is 3.33. The van der Waals surface area contributed by atoms with Crippen LogP contribution in [0, 0.1) is 5.92 Å². The van der Waals surface area contributed by atoms with Gasteiger partial charge >= 0.3 is 0 Å². The fraction of sp³-hybridized carbons (Fsp3) is 0.458. The maximum absolute atomic E-state index is 13.2. The van der Waals surface area contributed by atoms with E-state index in [0.717, 1.165) is 18.5 Å². The van der Waals surface area contributed by atoms with Gasteiger partial charge in [-0.05, 0) is 49.1 Å². The van der Waals surface area contributed by atoms with Crippen LogP contribution < -0.4 is 5.32 Å². The highest BCUT2D eigenvalue weighted by Gasteiger charge is 2.37. The van der Waals surface area contributed by atoms with Crippen molar-refractivity contribution in [2.45, 2.75) is 38.3 Å². The number of hydrogen-bond acceptors (Lipinski definition) is 4. The van der Waals surface area contributed by atoms with E-state index in [1.165, 1.54) is 12.8 Å². The van der Waals surface area contributed by atoms with Crippen molar-refractivity contribution in [3.63, 3.8) is 0 Å². The molecule has 2 fully saturated rings. The number of nitrogens with zero attached hydrogens (tertiary/aromatic N) is 3. The van der Waals surface area contributed by atoms with Crippen LogP contribution in [-0.2, 0) is 11.3 Å². The van der Waals surface area contributed by atoms with Crippen molar-refractivity contribution in [3.05, 3.63) is 63.9 Å². The van der Waals surface area contributed by atoms with Gasteiger partial charge in [0.1, 0.15) is 0 Å². The summed E-state index contributed by atoms with van der Waals surface area (Å²) in [4.78, 5) is 34.5. The van der Waals surface area contributed by atoms with Gasteiger partial charge in [-0.2, -0.15) is 0 Å². The van der Waals surface area contributed by atoms with Gasteiger partial charge in [0.2, 0.25) is 5.91 Å². The Bertz CT molecular complexity index is 942. The smallest absolute Gasteiger partial charge is 0.255 e. The van der Waals surface area contributed by atoms with Crippen LogP contribution in [0.5, 0.6) is 0 Å². The summed E-state index contributed by atoms with van der Waals surface area (Å²) in [6.45, 7) is 2.88. The van der Waals surface area contributed by atoms with Crippen LogP contribution in [0.1, 0.15) is 41.7 Å². The molecule has 1 aromatic heterocycles. The van der Waals surface area contributed by atoms with Gasteiger partial charge in [-0.3, -0.25) is 19.5 Å². The summed E-state index contributed by atoms with van der Waals surface area (Å²) in [6.07, 6.45) is 6.21. The van der Waals surface area contributed by atoms with Gasteiger partial charge < -0.3 is 10.2 Å². The zero-order valence-corrected chi connectivity index (χ0v) is 19.5. The van der Waals surface area contributed by atoms with Crippen LogP contribution >= 0.6 is 23.2 Å². The molecule has 6 nitrogen and oxygen atoms in total. The molecule has 170 valence electrons. The van der Waals surface area contributed by atoms with Crippen molar-refractivity contribution in [2.24, 2.45) is 5.92 Å². The summed E-state index contributed by atoms with van der Waals surface area (Å²) in [5.74, 6) is 0.318. The Balaban J connectivity index is 1.40. The molecule has 1 saturated heterocycles. The lowest BCUT2D eigenvalue weighted by Gasteiger charge is -2.40. The van der Waals surface area contributed by atoms with E-state index in [1.807, 2.05) is 23.1 Å². The second-order valence-electron chi connectivity index (χ2n) is 8.48. The Morgan fingerprint density at radius 1 is 1.06 bits per heavy atom. The number of halogens is 2. The first-order valence-corrected chi connectivity index (χ1v) is 11.9. The normalized spacial score (nSPS) is 18.5. The lowest BCUT2D eigenvalue weighted by molar-refractivity contribution is -0.129. The molecule has 1 unspecified atom stereocenters. The number of carbonyl (C=O) groups excluding carboxylic acids is 2. The Morgan fingerprint density at radius 2 is 1.81 bits per heavy atom. The van der Waals surface area contributed by atoms with Crippen molar-refractivity contribution >= 4 is 35.0 Å². The van der Waals surface area contributed by atoms with E-state index in [4.69, 9.17) is 23.2 Å². The molecule has 8 heteroatoms. The largest absolute Gasteiger partial charge is 0.349 e. The van der Waals surface area contributed by atoms with E-state index in [2.05, 4.69) is 15.2 Å². The maximum atomic E-state index is 13.2. The van der Waals surface area contributed by atoms with E-state index in [0.29, 0.717) is 54.3 Å². The minimum Gasteiger partial charge on any atom is -0.349 e. The number of aromatic nitrogens is 1. The Morgan fingerprint density at radius 3 is 2.47 bits per heavy atom. The molecule has 1 aromatic carbocycles. The average molecular weight is 475 g/mol. The van der Waals surface area contributed by atoms with Crippen LogP contribution in [0.15, 0.2) is 42.6 Å². The van der Waals surface area contributed by atoms with Crippen molar-refractivity contribution in [3.8, 4) is 0 Å². The topological polar surface area (TPSA) is 65.5 Å². The van der Waals surface area contributed by atoms with Gasteiger partial charge in [0, 0.05) is 37.4 Å². The predicted octanol–water partition coefficient (Wildman–Crippen LogP) is 4.02. The molecule has 1 saturated carbocycles. The minimum atomic E-state index is -0.169. The highest BCUT2D eigenvalue weighted by Crippen LogP contribution is 2.31. The van der Waals surface area contributed by atoms with Crippen LogP contribution in [0.25, 0.3) is 0 Å². The van der Waals surface area contributed by atoms with Crippen LogP contribution in [-0.4, -0.2) is 58.8 Å². The highest BCUT2D eigenvalue weighted by atomic mass is 35.5. The zero-order chi connectivity index (χ0) is 22.5. The number of piperazine rings is 1. The molecule has 0 radical (unpaired) electrons. The zero-order valence-electron chi connectivity index (χ0n) is 18.0. The number of nitrogens with one attached hydrogen (secondary N) is 1. The van der Waals surface area contributed by atoms with Gasteiger partial charge in [0.05, 0.1) is 28.9 Å². The number of benzene rings is 1. The first-order valence-electron chi connectivity index (χ1n) is 11.2. The molecule has 2 aliphatic rings. The minimum absolute atomic E-state index is 0.0584. The molecule has 1 N–H and O–H groups in total. The van der Waals surface area contributed by atoms with Crippen LogP contribution in [0.4, 0.5) is 0 Å².